The number of methoxy groups -OCH3 is 1. The number of rotatable bonds is 3. The lowest BCUT2D eigenvalue weighted by atomic mass is 9.88. The van der Waals surface area contributed by atoms with Crippen LogP contribution in [0, 0.1) is 11.8 Å². The molecule has 14 heavy (non-hydrogen) atoms. The van der Waals surface area contributed by atoms with Gasteiger partial charge in [-0.3, -0.25) is 4.90 Å². The van der Waals surface area contributed by atoms with Crippen molar-refractivity contribution in [2.24, 2.45) is 11.8 Å². The second kappa shape index (κ2) is 3.80. The fourth-order valence-electron chi connectivity index (χ4n) is 3.38. The molecule has 2 heterocycles. The van der Waals surface area contributed by atoms with Gasteiger partial charge in [0.25, 0.3) is 0 Å². The van der Waals surface area contributed by atoms with E-state index in [1.165, 1.54) is 0 Å². The highest BCUT2D eigenvalue weighted by Crippen LogP contribution is 2.43. The third-order valence-electron chi connectivity index (χ3n) is 3.78. The van der Waals surface area contributed by atoms with E-state index in [4.69, 9.17) is 4.74 Å². The Labute approximate surface area is 86.0 Å². The highest BCUT2D eigenvalue weighted by atomic mass is 16.5. The van der Waals surface area contributed by atoms with Gasteiger partial charge < -0.3 is 9.84 Å². The molecule has 3 nitrogen and oxygen atoms in total. The smallest absolute Gasteiger partial charge is 0.0615 e. The Morgan fingerprint density at radius 2 is 2.21 bits per heavy atom. The van der Waals surface area contributed by atoms with Crippen molar-refractivity contribution in [3.05, 3.63) is 0 Å². The zero-order valence-electron chi connectivity index (χ0n) is 9.20. The molecule has 2 unspecified atom stereocenters. The van der Waals surface area contributed by atoms with Crippen LogP contribution in [0.15, 0.2) is 0 Å². The van der Waals surface area contributed by atoms with E-state index in [-0.39, 0.29) is 5.54 Å². The van der Waals surface area contributed by atoms with Crippen LogP contribution in [0.4, 0.5) is 0 Å². The first-order valence-corrected chi connectivity index (χ1v) is 5.55. The van der Waals surface area contributed by atoms with Crippen molar-refractivity contribution in [3.63, 3.8) is 0 Å². The largest absolute Gasteiger partial charge is 0.394 e. The van der Waals surface area contributed by atoms with E-state index in [0.717, 1.165) is 38.5 Å². The lowest BCUT2D eigenvalue weighted by Crippen LogP contribution is -2.41. The lowest BCUT2D eigenvalue weighted by Gasteiger charge is -2.29. The van der Waals surface area contributed by atoms with Crippen LogP contribution in [0.2, 0.25) is 0 Å². The molecule has 0 aromatic heterocycles. The number of ether oxygens (including phenoxy) is 1. The van der Waals surface area contributed by atoms with Crippen LogP contribution in [0.5, 0.6) is 0 Å². The molecule has 2 aliphatic rings. The van der Waals surface area contributed by atoms with Crippen molar-refractivity contribution in [3.8, 4) is 0 Å². The first kappa shape index (κ1) is 10.4. The van der Waals surface area contributed by atoms with Crippen molar-refractivity contribution in [1.29, 1.82) is 0 Å². The van der Waals surface area contributed by atoms with E-state index in [2.05, 4.69) is 11.8 Å². The normalized spacial score (nSPS) is 43.1. The Balaban J connectivity index is 2.03. The van der Waals surface area contributed by atoms with Crippen LogP contribution in [0.1, 0.15) is 19.8 Å². The van der Waals surface area contributed by atoms with Gasteiger partial charge in [-0.25, -0.2) is 0 Å². The Morgan fingerprint density at radius 1 is 1.43 bits per heavy atom. The number of nitrogens with zero attached hydrogens (tertiary/aromatic N) is 1. The molecule has 0 aromatic rings. The van der Waals surface area contributed by atoms with Crippen LogP contribution in [0.25, 0.3) is 0 Å². The average Bonchev–Trinajstić information content (AvgIpc) is 2.58. The molecule has 3 atom stereocenters. The Kier molecular flexibility index (Phi) is 2.82. The number of hydrogen-bond acceptors (Lipinski definition) is 3. The average molecular weight is 199 g/mol. The van der Waals surface area contributed by atoms with E-state index in [1.54, 1.807) is 7.11 Å². The first-order valence-electron chi connectivity index (χ1n) is 5.55. The summed E-state index contributed by atoms with van der Waals surface area (Å²) in [5.74, 6) is 1.37. The van der Waals surface area contributed by atoms with Gasteiger partial charge in [-0.2, -0.15) is 0 Å². The van der Waals surface area contributed by atoms with Crippen LogP contribution >= 0.6 is 0 Å². The number of aliphatic hydroxyl groups excluding tert-OH is 1. The van der Waals surface area contributed by atoms with Crippen molar-refractivity contribution in [1.82, 2.24) is 4.90 Å². The van der Waals surface area contributed by atoms with Gasteiger partial charge in [-0.15, -0.1) is 0 Å². The summed E-state index contributed by atoms with van der Waals surface area (Å²) in [7, 11) is 1.76. The monoisotopic (exact) mass is 199 g/mol. The molecule has 1 N–H and O–H groups in total. The highest BCUT2D eigenvalue weighted by molar-refractivity contribution is 5.04. The van der Waals surface area contributed by atoms with Crippen molar-refractivity contribution in [2.75, 3.05) is 33.4 Å². The number of fused-ring (bicyclic) bond motifs is 1. The molecule has 0 bridgehead atoms. The minimum absolute atomic E-state index is 0.0998. The van der Waals surface area contributed by atoms with Gasteiger partial charge in [-0.1, -0.05) is 6.92 Å². The molecule has 0 aliphatic carbocycles. The molecule has 2 saturated heterocycles. The maximum Gasteiger partial charge on any atom is 0.0615 e. The number of aliphatic hydroxyl groups is 1. The van der Waals surface area contributed by atoms with Crippen molar-refractivity contribution >= 4 is 0 Å². The van der Waals surface area contributed by atoms with Gasteiger partial charge in [0.05, 0.1) is 13.2 Å². The Hall–Kier alpha value is -0.120. The fourth-order valence-corrected chi connectivity index (χ4v) is 3.38. The molecule has 0 spiro atoms. The molecule has 0 radical (unpaired) electrons. The van der Waals surface area contributed by atoms with E-state index in [1.807, 2.05) is 0 Å². The third kappa shape index (κ3) is 1.58. The third-order valence-corrected chi connectivity index (χ3v) is 3.78. The molecule has 3 heteroatoms. The molecule has 0 aromatic carbocycles. The second-order valence-corrected chi connectivity index (χ2v) is 5.12. The fraction of sp³-hybridized carbons (Fsp3) is 1.00. The summed E-state index contributed by atoms with van der Waals surface area (Å²) in [6.45, 7) is 5.70. The Bertz CT molecular complexity index is 209. The molecule has 0 amide bonds. The summed E-state index contributed by atoms with van der Waals surface area (Å²) in [5.41, 5.74) is 0.0998. The number of hydrogen-bond donors (Lipinski definition) is 1. The maximum atomic E-state index is 9.55. The van der Waals surface area contributed by atoms with Gasteiger partial charge in [0.15, 0.2) is 0 Å². The first-order chi connectivity index (χ1) is 6.70. The van der Waals surface area contributed by atoms with Gasteiger partial charge in [-0.05, 0) is 24.7 Å². The van der Waals surface area contributed by atoms with Crippen molar-refractivity contribution < 1.29 is 9.84 Å². The topological polar surface area (TPSA) is 32.7 Å². The highest BCUT2D eigenvalue weighted by Gasteiger charge is 2.49. The predicted molar refractivity (Wildman–Crippen MR) is 55.2 cm³/mol. The van der Waals surface area contributed by atoms with Gasteiger partial charge in [0.1, 0.15) is 0 Å². The molecular formula is C11H21NO2. The molecule has 82 valence electrons. The second-order valence-electron chi connectivity index (χ2n) is 5.12. The summed E-state index contributed by atoms with van der Waals surface area (Å²) >= 11 is 0. The maximum absolute atomic E-state index is 9.55. The molecule has 2 aliphatic heterocycles. The van der Waals surface area contributed by atoms with E-state index in [0.29, 0.717) is 12.5 Å². The van der Waals surface area contributed by atoms with Crippen LogP contribution in [-0.4, -0.2) is 49.0 Å². The summed E-state index contributed by atoms with van der Waals surface area (Å²) in [4.78, 5) is 2.47. The standard InChI is InChI=1S/C11H21NO2/c1-9-3-11(8-13)4-10(7-14-2)6-12(11)5-9/h9-10,13H,3-8H2,1-2H3/t9?,10-,11?/m0/s1. The van der Waals surface area contributed by atoms with Crippen molar-refractivity contribution in [2.45, 2.75) is 25.3 Å². The molecular weight excluding hydrogens is 178 g/mol. The van der Waals surface area contributed by atoms with E-state index < -0.39 is 0 Å². The van der Waals surface area contributed by atoms with Gasteiger partial charge in [0.2, 0.25) is 0 Å². The molecule has 0 saturated carbocycles. The summed E-state index contributed by atoms with van der Waals surface area (Å²) in [5, 5.41) is 9.55. The summed E-state index contributed by atoms with van der Waals surface area (Å²) < 4.78 is 5.20. The van der Waals surface area contributed by atoms with E-state index >= 15 is 0 Å². The van der Waals surface area contributed by atoms with E-state index in [9.17, 15) is 5.11 Å². The quantitative estimate of drug-likeness (QED) is 0.727. The van der Waals surface area contributed by atoms with Crippen LogP contribution in [0.3, 0.4) is 0 Å². The van der Waals surface area contributed by atoms with Gasteiger partial charge >= 0.3 is 0 Å². The van der Waals surface area contributed by atoms with Crippen LogP contribution in [-0.2, 0) is 4.74 Å². The Morgan fingerprint density at radius 3 is 2.79 bits per heavy atom. The predicted octanol–water partition coefficient (Wildman–Crippen LogP) is 0.726. The summed E-state index contributed by atoms with van der Waals surface area (Å²) in [6.07, 6.45) is 2.27. The zero-order chi connectivity index (χ0) is 10.2. The van der Waals surface area contributed by atoms with Gasteiger partial charge in [0, 0.05) is 25.7 Å². The summed E-state index contributed by atoms with van der Waals surface area (Å²) in [6, 6.07) is 0. The molecule has 2 rings (SSSR count). The zero-order valence-corrected chi connectivity index (χ0v) is 9.20. The SMILES string of the molecule is COC[C@@H]1CN2CC(C)CC2(CO)C1. The van der Waals surface area contributed by atoms with Crippen LogP contribution < -0.4 is 0 Å². The lowest BCUT2D eigenvalue weighted by molar-refractivity contribution is 0.0991. The minimum Gasteiger partial charge on any atom is -0.394 e. The molecule has 2 fully saturated rings. The minimum atomic E-state index is 0.0998.